The van der Waals surface area contributed by atoms with Crippen LogP contribution in [-0.4, -0.2) is 29.0 Å². The van der Waals surface area contributed by atoms with E-state index in [1.807, 2.05) is 12.1 Å². The Kier molecular flexibility index (Phi) is 4.91. The van der Waals surface area contributed by atoms with Crippen molar-refractivity contribution in [3.05, 3.63) is 52.9 Å². The topological polar surface area (TPSA) is 91.7 Å². The summed E-state index contributed by atoms with van der Waals surface area (Å²) in [6.07, 6.45) is 1.70. The zero-order chi connectivity index (χ0) is 18.7. The number of allylic oxidation sites excluding steroid dienone is 1. The highest BCUT2D eigenvalue weighted by molar-refractivity contribution is 7.16. The van der Waals surface area contributed by atoms with Gasteiger partial charge in [-0.25, -0.2) is 4.39 Å². The first kappa shape index (κ1) is 17.5. The number of nitrogen functional groups attached to an aromatic ring is 1. The van der Waals surface area contributed by atoms with Crippen LogP contribution in [0.25, 0.3) is 22.1 Å². The maximum atomic E-state index is 13.1. The number of benzene rings is 1. The van der Waals surface area contributed by atoms with Gasteiger partial charge in [0, 0.05) is 23.8 Å². The van der Waals surface area contributed by atoms with Gasteiger partial charge in [0.05, 0.1) is 5.57 Å². The predicted octanol–water partition coefficient (Wildman–Crippen LogP) is 3.45. The molecule has 0 fully saturated rings. The van der Waals surface area contributed by atoms with Crippen molar-refractivity contribution in [2.24, 2.45) is 0 Å². The van der Waals surface area contributed by atoms with E-state index < -0.39 is 0 Å². The van der Waals surface area contributed by atoms with Gasteiger partial charge >= 0.3 is 0 Å². The number of halogens is 1. The number of anilines is 2. The van der Waals surface area contributed by atoms with Crippen LogP contribution >= 0.6 is 11.3 Å². The molecule has 0 amide bonds. The lowest BCUT2D eigenvalue weighted by Crippen LogP contribution is -2.15. The molecule has 6 nitrogen and oxygen atoms in total. The second-order valence-electron chi connectivity index (χ2n) is 5.59. The van der Waals surface area contributed by atoms with Crippen LogP contribution in [0.2, 0.25) is 0 Å². The van der Waals surface area contributed by atoms with Gasteiger partial charge in [0.25, 0.3) is 0 Å². The number of nitriles is 1. The number of aromatic nitrogens is 3. The molecule has 0 aliphatic rings. The minimum absolute atomic E-state index is 0.0537. The summed E-state index contributed by atoms with van der Waals surface area (Å²) < 4.78 is 13.1. The SMILES string of the molecule is CN(C)c1nc(N)nc(/C(C#N)=C/c2ccc(-c3ccc(F)cc3)s2)n1. The van der Waals surface area contributed by atoms with Crippen LogP contribution in [0.3, 0.4) is 0 Å². The fraction of sp³-hybridized carbons (Fsp3) is 0.111. The minimum Gasteiger partial charge on any atom is -0.368 e. The second-order valence-corrected chi connectivity index (χ2v) is 6.71. The summed E-state index contributed by atoms with van der Waals surface area (Å²) in [7, 11) is 3.56. The predicted molar refractivity (Wildman–Crippen MR) is 102 cm³/mol. The van der Waals surface area contributed by atoms with Crippen molar-refractivity contribution in [2.75, 3.05) is 24.7 Å². The number of rotatable bonds is 4. The molecular weight excluding hydrogens is 351 g/mol. The Morgan fingerprint density at radius 1 is 1.15 bits per heavy atom. The third-order valence-corrected chi connectivity index (χ3v) is 4.53. The van der Waals surface area contributed by atoms with E-state index in [1.165, 1.54) is 23.5 Å². The van der Waals surface area contributed by atoms with Gasteiger partial charge in [-0.05, 0) is 35.9 Å². The van der Waals surface area contributed by atoms with Gasteiger partial charge in [-0.1, -0.05) is 12.1 Å². The molecule has 1 aromatic carbocycles. The smallest absolute Gasteiger partial charge is 0.230 e. The van der Waals surface area contributed by atoms with Crippen LogP contribution in [0.1, 0.15) is 10.7 Å². The first-order valence-corrected chi connectivity index (χ1v) is 8.45. The van der Waals surface area contributed by atoms with E-state index in [1.54, 1.807) is 37.2 Å². The molecule has 0 atom stereocenters. The number of hydrogen-bond donors (Lipinski definition) is 1. The first-order valence-electron chi connectivity index (χ1n) is 7.63. The van der Waals surface area contributed by atoms with Crippen molar-refractivity contribution in [1.29, 1.82) is 5.26 Å². The van der Waals surface area contributed by atoms with Gasteiger partial charge in [-0.2, -0.15) is 20.2 Å². The number of hydrogen-bond acceptors (Lipinski definition) is 7. The molecular formula is C18H15FN6S. The molecule has 26 heavy (non-hydrogen) atoms. The Morgan fingerprint density at radius 2 is 1.88 bits per heavy atom. The van der Waals surface area contributed by atoms with Crippen LogP contribution in [-0.2, 0) is 0 Å². The van der Waals surface area contributed by atoms with Crippen molar-refractivity contribution in [3.63, 3.8) is 0 Å². The van der Waals surface area contributed by atoms with E-state index in [2.05, 4.69) is 21.0 Å². The summed E-state index contributed by atoms with van der Waals surface area (Å²) in [6, 6.07) is 12.2. The van der Waals surface area contributed by atoms with Gasteiger partial charge in [0.15, 0.2) is 5.82 Å². The summed E-state index contributed by atoms with van der Waals surface area (Å²) in [5.74, 6) is 0.381. The third kappa shape index (κ3) is 3.84. The van der Waals surface area contributed by atoms with E-state index in [-0.39, 0.29) is 23.2 Å². The molecule has 8 heteroatoms. The highest BCUT2D eigenvalue weighted by Gasteiger charge is 2.11. The molecule has 0 radical (unpaired) electrons. The molecule has 0 spiro atoms. The van der Waals surface area contributed by atoms with Gasteiger partial charge in [-0.15, -0.1) is 11.3 Å². The molecule has 0 aliphatic carbocycles. The molecule has 3 aromatic rings. The molecule has 0 unspecified atom stereocenters. The van der Waals surface area contributed by atoms with E-state index in [0.29, 0.717) is 5.95 Å². The van der Waals surface area contributed by atoms with Crippen LogP contribution < -0.4 is 10.6 Å². The van der Waals surface area contributed by atoms with Gasteiger partial charge < -0.3 is 10.6 Å². The zero-order valence-corrected chi connectivity index (χ0v) is 15.0. The number of thiophene rings is 1. The average Bonchev–Trinajstić information content (AvgIpc) is 3.08. The number of nitrogens with zero attached hydrogens (tertiary/aromatic N) is 5. The summed E-state index contributed by atoms with van der Waals surface area (Å²) in [6.45, 7) is 0. The van der Waals surface area contributed by atoms with Crippen LogP contribution in [0.4, 0.5) is 16.3 Å². The van der Waals surface area contributed by atoms with Crippen molar-refractivity contribution in [2.45, 2.75) is 0 Å². The molecule has 0 saturated carbocycles. The van der Waals surface area contributed by atoms with Gasteiger partial charge in [0.2, 0.25) is 11.9 Å². The van der Waals surface area contributed by atoms with Crippen molar-refractivity contribution >= 4 is 34.9 Å². The lowest BCUT2D eigenvalue weighted by Gasteiger charge is -2.10. The van der Waals surface area contributed by atoms with Crippen LogP contribution in [0, 0.1) is 17.1 Å². The summed E-state index contributed by atoms with van der Waals surface area (Å²) in [4.78, 5) is 15.9. The number of nitrogens with two attached hydrogens (primary N) is 1. The zero-order valence-electron chi connectivity index (χ0n) is 14.1. The highest BCUT2D eigenvalue weighted by atomic mass is 32.1. The Morgan fingerprint density at radius 3 is 2.54 bits per heavy atom. The quantitative estimate of drug-likeness (QED) is 0.711. The van der Waals surface area contributed by atoms with Crippen LogP contribution in [0.15, 0.2) is 36.4 Å². The van der Waals surface area contributed by atoms with Gasteiger partial charge in [-0.3, -0.25) is 0 Å². The lowest BCUT2D eigenvalue weighted by atomic mass is 10.2. The molecule has 3 rings (SSSR count). The van der Waals surface area contributed by atoms with Crippen molar-refractivity contribution in [3.8, 4) is 16.5 Å². The Hall–Kier alpha value is -3.31. The lowest BCUT2D eigenvalue weighted by molar-refractivity contribution is 0.628. The summed E-state index contributed by atoms with van der Waals surface area (Å²) >= 11 is 1.48. The van der Waals surface area contributed by atoms with Gasteiger partial charge in [0.1, 0.15) is 11.9 Å². The molecule has 0 aliphatic heterocycles. The standard InChI is InChI=1S/C18H15FN6S/c1-25(2)18-23-16(22-17(21)24-18)12(10-20)9-14-7-8-15(26-14)11-3-5-13(19)6-4-11/h3-9H,1-2H3,(H2,21,22,23,24)/b12-9+. The van der Waals surface area contributed by atoms with E-state index >= 15 is 0 Å². The monoisotopic (exact) mass is 366 g/mol. The fourth-order valence-electron chi connectivity index (χ4n) is 2.19. The van der Waals surface area contributed by atoms with E-state index in [9.17, 15) is 9.65 Å². The molecule has 0 bridgehead atoms. The normalized spacial score (nSPS) is 11.2. The van der Waals surface area contributed by atoms with Crippen LogP contribution in [0.5, 0.6) is 0 Å². The minimum atomic E-state index is -0.277. The maximum absolute atomic E-state index is 13.1. The largest absolute Gasteiger partial charge is 0.368 e. The van der Waals surface area contributed by atoms with Crippen molar-refractivity contribution < 1.29 is 4.39 Å². The Bertz CT molecular complexity index is 1000. The van der Waals surface area contributed by atoms with E-state index in [0.717, 1.165) is 15.3 Å². The second kappa shape index (κ2) is 7.29. The third-order valence-electron chi connectivity index (χ3n) is 3.44. The average molecular weight is 366 g/mol. The Balaban J connectivity index is 1.96. The van der Waals surface area contributed by atoms with E-state index in [4.69, 9.17) is 5.73 Å². The molecule has 2 heterocycles. The maximum Gasteiger partial charge on any atom is 0.230 e. The molecule has 130 valence electrons. The molecule has 2 N–H and O–H groups in total. The fourth-order valence-corrected chi connectivity index (χ4v) is 3.15. The highest BCUT2D eigenvalue weighted by Crippen LogP contribution is 2.30. The molecule has 2 aromatic heterocycles. The van der Waals surface area contributed by atoms with Crippen molar-refractivity contribution in [1.82, 2.24) is 15.0 Å². The summed E-state index contributed by atoms with van der Waals surface area (Å²) in [5, 5.41) is 9.51. The molecule has 0 saturated heterocycles. The summed E-state index contributed by atoms with van der Waals surface area (Å²) in [5.41, 5.74) is 6.92. The first-order chi connectivity index (χ1) is 12.5. The Labute approximate surface area is 154 Å².